The second kappa shape index (κ2) is 6.79. The number of hydrogen-bond donors (Lipinski definition) is 0. The van der Waals surface area contributed by atoms with Gasteiger partial charge in [0.1, 0.15) is 6.10 Å². The number of carbonyl (C=O) groups excluding carboxylic acids is 2. The van der Waals surface area contributed by atoms with Crippen LogP contribution >= 0.6 is 0 Å². The minimum Gasteiger partial charge on any atom is -0.469 e. The fraction of sp³-hybridized carbons (Fsp3) is 0.739. The largest absolute Gasteiger partial charge is 0.469 e. The molecule has 0 radical (unpaired) electrons. The predicted molar refractivity (Wildman–Crippen MR) is 105 cm³/mol. The number of esters is 2. The highest BCUT2D eigenvalue weighted by Crippen LogP contribution is 2.64. The lowest BCUT2D eigenvalue weighted by atomic mass is 9.45. The zero-order chi connectivity index (χ0) is 20.0. The molecule has 0 aromatic rings. The first-order chi connectivity index (χ1) is 12.6. The first-order valence-corrected chi connectivity index (χ1v) is 10.2. The van der Waals surface area contributed by atoms with Gasteiger partial charge in [-0.2, -0.15) is 0 Å². The number of carbonyl (C=O) groups is 2. The van der Waals surface area contributed by atoms with E-state index in [0.717, 1.165) is 38.5 Å². The molecule has 3 aliphatic carbocycles. The number of fused-ring (bicyclic) bond motifs is 3. The summed E-state index contributed by atoms with van der Waals surface area (Å²) in [5.41, 5.74) is 0.825. The summed E-state index contributed by atoms with van der Waals surface area (Å²) in [7, 11) is 1.48. The van der Waals surface area contributed by atoms with Gasteiger partial charge in [0.25, 0.3) is 0 Å². The van der Waals surface area contributed by atoms with Crippen LogP contribution in [0, 0.1) is 28.1 Å². The molecule has 0 amide bonds. The van der Waals surface area contributed by atoms with E-state index < -0.39 is 5.41 Å². The van der Waals surface area contributed by atoms with Gasteiger partial charge in [0.2, 0.25) is 0 Å². The third-order valence-corrected chi connectivity index (χ3v) is 7.84. The van der Waals surface area contributed by atoms with E-state index >= 15 is 0 Å². The minimum absolute atomic E-state index is 0.0239. The molecule has 2 fully saturated rings. The average molecular weight is 375 g/mol. The molecular formula is C23H34O4. The third-order valence-electron chi connectivity index (χ3n) is 7.84. The summed E-state index contributed by atoms with van der Waals surface area (Å²) in [4.78, 5) is 24.6. The van der Waals surface area contributed by atoms with E-state index in [4.69, 9.17) is 9.47 Å². The Kier molecular flexibility index (Phi) is 5.07. The van der Waals surface area contributed by atoms with Gasteiger partial charge in [0, 0.05) is 12.8 Å². The summed E-state index contributed by atoms with van der Waals surface area (Å²) in [5.74, 6) is -0.0618. The molecule has 0 spiro atoms. The van der Waals surface area contributed by atoms with Crippen LogP contribution in [0.4, 0.5) is 0 Å². The summed E-state index contributed by atoms with van der Waals surface area (Å²) >= 11 is 0. The molecule has 4 nitrogen and oxygen atoms in total. The minimum atomic E-state index is -0.537. The lowest BCUT2D eigenvalue weighted by Crippen LogP contribution is -2.57. The monoisotopic (exact) mass is 374 g/mol. The van der Waals surface area contributed by atoms with Gasteiger partial charge in [0.15, 0.2) is 0 Å². The van der Waals surface area contributed by atoms with Gasteiger partial charge in [-0.1, -0.05) is 38.0 Å². The zero-order valence-corrected chi connectivity index (χ0v) is 17.5. The first-order valence-electron chi connectivity index (χ1n) is 10.2. The second-order valence-corrected chi connectivity index (χ2v) is 9.65. The van der Waals surface area contributed by atoms with Crippen LogP contribution in [0.5, 0.6) is 0 Å². The van der Waals surface area contributed by atoms with Crippen LogP contribution in [0.15, 0.2) is 24.3 Å². The van der Waals surface area contributed by atoms with E-state index in [-0.39, 0.29) is 40.7 Å². The maximum Gasteiger partial charge on any atom is 0.311 e. The van der Waals surface area contributed by atoms with Crippen LogP contribution in [-0.2, 0) is 19.1 Å². The van der Waals surface area contributed by atoms with Crippen molar-refractivity contribution in [1.29, 1.82) is 0 Å². The molecule has 0 aromatic carbocycles. The van der Waals surface area contributed by atoms with E-state index in [1.54, 1.807) is 0 Å². The van der Waals surface area contributed by atoms with E-state index in [0.29, 0.717) is 0 Å². The van der Waals surface area contributed by atoms with Crippen LogP contribution in [0.25, 0.3) is 0 Å². The van der Waals surface area contributed by atoms with Crippen molar-refractivity contribution in [3.05, 3.63) is 24.3 Å². The molecule has 0 N–H and O–H groups in total. The van der Waals surface area contributed by atoms with Gasteiger partial charge in [-0.15, -0.1) is 6.58 Å². The van der Waals surface area contributed by atoms with Gasteiger partial charge in [0.05, 0.1) is 12.5 Å². The molecule has 3 rings (SSSR count). The second-order valence-electron chi connectivity index (χ2n) is 9.65. The zero-order valence-electron chi connectivity index (χ0n) is 17.5. The Morgan fingerprint density at radius 1 is 1.26 bits per heavy atom. The average Bonchev–Trinajstić information content (AvgIpc) is 2.62. The van der Waals surface area contributed by atoms with Gasteiger partial charge < -0.3 is 9.47 Å². The quantitative estimate of drug-likeness (QED) is 0.524. The third kappa shape index (κ3) is 3.15. The highest BCUT2D eigenvalue weighted by Gasteiger charge is 2.60. The van der Waals surface area contributed by atoms with E-state index in [9.17, 15) is 9.59 Å². The Morgan fingerprint density at radius 3 is 2.56 bits per heavy atom. The molecule has 0 unspecified atom stereocenters. The summed E-state index contributed by atoms with van der Waals surface area (Å²) in [5, 5.41) is 0. The molecule has 0 aromatic heterocycles. The van der Waals surface area contributed by atoms with Crippen LogP contribution in [-0.4, -0.2) is 25.2 Å². The van der Waals surface area contributed by atoms with Crippen molar-refractivity contribution in [2.24, 2.45) is 28.1 Å². The van der Waals surface area contributed by atoms with Crippen molar-refractivity contribution in [2.45, 2.75) is 72.3 Å². The number of allylic oxidation sites excluding steroid dienone is 2. The highest BCUT2D eigenvalue weighted by atomic mass is 16.5. The molecule has 0 saturated heterocycles. The number of ether oxygens (including phenoxy) is 2. The van der Waals surface area contributed by atoms with Crippen LogP contribution < -0.4 is 0 Å². The standard InChI is InChI=1S/C23H34O4/c1-7-21(3)12-9-17-16(14-21)18(27-15(2)24)13-19-22(17,4)10-8-11-23(19,5)20(25)26-6/h7,9,16,18-19H,1,8,10-14H2,2-6H3/t16-,18+,19-,21+,22-,23-/m1/s1. The Hall–Kier alpha value is -1.58. The number of rotatable bonds is 3. The SMILES string of the molecule is C=C[C@@]1(C)CC=C2[C@@H](C1)[C@@H](OC(C)=O)C[C@H]1[C@](C)(C(=O)OC)CCC[C@]21C. The lowest BCUT2D eigenvalue weighted by Gasteiger charge is -2.59. The van der Waals surface area contributed by atoms with Crippen molar-refractivity contribution >= 4 is 11.9 Å². The number of methoxy groups -OCH3 is 1. The molecule has 4 heteroatoms. The molecule has 0 heterocycles. The Bertz CT molecular complexity index is 680. The van der Waals surface area contributed by atoms with E-state index in [1.165, 1.54) is 19.6 Å². The molecule has 150 valence electrons. The van der Waals surface area contributed by atoms with Gasteiger partial charge >= 0.3 is 11.9 Å². The van der Waals surface area contributed by atoms with E-state index in [1.807, 2.05) is 13.0 Å². The molecule has 0 aliphatic heterocycles. The van der Waals surface area contributed by atoms with Crippen molar-refractivity contribution in [3.8, 4) is 0 Å². The molecule has 6 atom stereocenters. The molecule has 3 aliphatic rings. The van der Waals surface area contributed by atoms with E-state index in [2.05, 4.69) is 26.5 Å². The van der Waals surface area contributed by atoms with Gasteiger partial charge in [-0.05, 0) is 55.8 Å². The topological polar surface area (TPSA) is 52.6 Å². The summed E-state index contributed by atoms with van der Waals surface area (Å²) in [6, 6.07) is 0. The van der Waals surface area contributed by atoms with Crippen LogP contribution in [0.3, 0.4) is 0 Å². The maximum atomic E-state index is 12.8. The van der Waals surface area contributed by atoms with Crippen LogP contribution in [0.1, 0.15) is 66.2 Å². The van der Waals surface area contributed by atoms with Crippen LogP contribution in [0.2, 0.25) is 0 Å². The fourth-order valence-corrected chi connectivity index (χ4v) is 6.30. The maximum absolute atomic E-state index is 12.8. The number of hydrogen-bond acceptors (Lipinski definition) is 4. The van der Waals surface area contributed by atoms with Crippen molar-refractivity contribution in [1.82, 2.24) is 0 Å². The van der Waals surface area contributed by atoms with Gasteiger partial charge in [-0.3, -0.25) is 9.59 Å². The summed E-state index contributed by atoms with van der Waals surface area (Å²) < 4.78 is 11.0. The first kappa shape index (κ1) is 20.2. The Morgan fingerprint density at radius 2 is 1.96 bits per heavy atom. The smallest absolute Gasteiger partial charge is 0.311 e. The lowest BCUT2D eigenvalue weighted by molar-refractivity contribution is -0.172. The Labute approximate surface area is 163 Å². The predicted octanol–water partition coefficient (Wildman–Crippen LogP) is 4.84. The normalized spacial score (nSPS) is 43.6. The fourth-order valence-electron chi connectivity index (χ4n) is 6.30. The molecule has 0 bridgehead atoms. The summed E-state index contributed by atoms with van der Waals surface area (Å²) in [6.45, 7) is 12.1. The molecule has 2 saturated carbocycles. The van der Waals surface area contributed by atoms with Gasteiger partial charge in [-0.25, -0.2) is 0 Å². The van der Waals surface area contributed by atoms with Crippen molar-refractivity contribution in [2.75, 3.05) is 7.11 Å². The summed E-state index contributed by atoms with van der Waals surface area (Å²) in [6.07, 6.45) is 9.74. The van der Waals surface area contributed by atoms with Crippen molar-refractivity contribution in [3.63, 3.8) is 0 Å². The molecule has 27 heavy (non-hydrogen) atoms. The highest BCUT2D eigenvalue weighted by molar-refractivity contribution is 5.77. The Balaban J connectivity index is 2.08. The molecular weight excluding hydrogens is 340 g/mol. The van der Waals surface area contributed by atoms with Crippen molar-refractivity contribution < 1.29 is 19.1 Å².